The van der Waals surface area contributed by atoms with Crippen molar-refractivity contribution in [2.45, 2.75) is 20.8 Å². The van der Waals surface area contributed by atoms with E-state index in [9.17, 15) is 13.2 Å². The van der Waals surface area contributed by atoms with Crippen LogP contribution in [0.15, 0.2) is 12.1 Å². The predicted molar refractivity (Wildman–Crippen MR) is 48.8 cm³/mol. The van der Waals surface area contributed by atoms with Crippen LogP contribution in [0.1, 0.15) is 20.8 Å². The van der Waals surface area contributed by atoms with Crippen LogP contribution in [0, 0.1) is 17.5 Å². The minimum atomic E-state index is -1.28. The van der Waals surface area contributed by atoms with E-state index in [0.717, 1.165) is 6.07 Å². The summed E-state index contributed by atoms with van der Waals surface area (Å²) in [5.41, 5.74) is 0. The summed E-state index contributed by atoms with van der Waals surface area (Å²) < 4.78 is 42.4. The van der Waals surface area contributed by atoms with Crippen molar-refractivity contribution >= 4 is 0 Å². The molecule has 0 aliphatic rings. The molecule has 0 unspecified atom stereocenters. The average Bonchev–Trinajstić information content (AvgIpc) is 2.22. The average molecular weight is 206 g/mol. The summed E-state index contributed by atoms with van der Waals surface area (Å²) in [5, 5.41) is 0. The molecule has 0 saturated heterocycles. The van der Waals surface area contributed by atoms with Crippen LogP contribution in [0.25, 0.3) is 0 Å². The SMILES string of the molecule is CC.CCOc1c(F)ccc(F)c1F. The molecule has 0 spiro atoms. The van der Waals surface area contributed by atoms with Crippen molar-refractivity contribution in [1.82, 2.24) is 0 Å². The standard InChI is InChI=1S/C8H7F3O.C2H6/c1-2-12-8-6(10)4-3-5(9)7(8)11;1-2/h3-4H,2H2,1H3;1-2H3. The Kier molecular flexibility index (Phi) is 5.76. The second-order valence-electron chi connectivity index (χ2n) is 2.11. The van der Waals surface area contributed by atoms with Gasteiger partial charge in [-0.25, -0.2) is 8.78 Å². The minimum absolute atomic E-state index is 0.0945. The Balaban J connectivity index is 0.000000791. The first-order valence-corrected chi connectivity index (χ1v) is 4.43. The molecule has 0 atom stereocenters. The molecule has 0 fully saturated rings. The van der Waals surface area contributed by atoms with Crippen LogP contribution in [0.4, 0.5) is 13.2 Å². The van der Waals surface area contributed by atoms with Crippen molar-refractivity contribution in [3.63, 3.8) is 0 Å². The second-order valence-corrected chi connectivity index (χ2v) is 2.11. The first-order chi connectivity index (χ1) is 6.66. The maximum atomic E-state index is 12.7. The van der Waals surface area contributed by atoms with E-state index >= 15 is 0 Å². The molecule has 14 heavy (non-hydrogen) atoms. The van der Waals surface area contributed by atoms with Crippen molar-refractivity contribution in [1.29, 1.82) is 0 Å². The highest BCUT2D eigenvalue weighted by Crippen LogP contribution is 2.23. The van der Waals surface area contributed by atoms with E-state index < -0.39 is 23.2 Å². The molecule has 4 heteroatoms. The van der Waals surface area contributed by atoms with Crippen LogP contribution < -0.4 is 4.74 Å². The summed E-state index contributed by atoms with van der Waals surface area (Å²) in [6.45, 7) is 5.65. The molecule has 0 aromatic heterocycles. The van der Waals surface area contributed by atoms with Gasteiger partial charge >= 0.3 is 0 Å². The smallest absolute Gasteiger partial charge is 0.203 e. The molecule has 1 nitrogen and oxygen atoms in total. The fourth-order valence-electron chi connectivity index (χ4n) is 0.785. The lowest BCUT2D eigenvalue weighted by atomic mass is 10.3. The predicted octanol–water partition coefficient (Wildman–Crippen LogP) is 3.53. The Hall–Kier alpha value is -1.19. The van der Waals surface area contributed by atoms with Gasteiger partial charge in [-0.05, 0) is 19.1 Å². The summed E-state index contributed by atoms with van der Waals surface area (Å²) in [5.74, 6) is -3.94. The Morgan fingerprint density at radius 3 is 2.07 bits per heavy atom. The van der Waals surface area contributed by atoms with Gasteiger partial charge in [0.25, 0.3) is 0 Å². The number of ether oxygens (including phenoxy) is 1. The third-order valence-electron chi connectivity index (χ3n) is 1.29. The van der Waals surface area contributed by atoms with Gasteiger partial charge in [-0.2, -0.15) is 4.39 Å². The fourth-order valence-corrected chi connectivity index (χ4v) is 0.785. The molecular weight excluding hydrogens is 193 g/mol. The molecule has 0 N–H and O–H groups in total. The van der Waals surface area contributed by atoms with E-state index in [4.69, 9.17) is 0 Å². The molecule has 0 radical (unpaired) electrons. The Labute approximate surface area is 81.5 Å². The summed E-state index contributed by atoms with van der Waals surface area (Å²) in [4.78, 5) is 0. The first kappa shape index (κ1) is 12.8. The number of hydrogen-bond acceptors (Lipinski definition) is 1. The highest BCUT2D eigenvalue weighted by atomic mass is 19.2. The topological polar surface area (TPSA) is 9.23 Å². The monoisotopic (exact) mass is 206 g/mol. The Morgan fingerprint density at radius 1 is 1.07 bits per heavy atom. The van der Waals surface area contributed by atoms with Gasteiger partial charge in [0, 0.05) is 0 Å². The normalized spacial score (nSPS) is 9.00. The van der Waals surface area contributed by atoms with E-state index in [-0.39, 0.29) is 6.61 Å². The molecule has 1 aromatic rings. The Morgan fingerprint density at radius 2 is 1.57 bits per heavy atom. The van der Waals surface area contributed by atoms with Crippen LogP contribution in [-0.2, 0) is 0 Å². The fraction of sp³-hybridized carbons (Fsp3) is 0.400. The van der Waals surface area contributed by atoms with Gasteiger partial charge in [0.2, 0.25) is 5.82 Å². The van der Waals surface area contributed by atoms with E-state index in [1.807, 2.05) is 13.8 Å². The molecule has 0 amide bonds. The Bertz CT molecular complexity index is 287. The van der Waals surface area contributed by atoms with Crippen molar-refractivity contribution in [3.8, 4) is 5.75 Å². The van der Waals surface area contributed by atoms with Crippen molar-refractivity contribution in [2.24, 2.45) is 0 Å². The summed E-state index contributed by atoms with van der Waals surface area (Å²) >= 11 is 0. The van der Waals surface area contributed by atoms with Crippen LogP contribution in [0.3, 0.4) is 0 Å². The lowest BCUT2D eigenvalue weighted by molar-refractivity contribution is 0.295. The zero-order valence-electron chi connectivity index (χ0n) is 8.40. The third kappa shape index (κ3) is 2.94. The minimum Gasteiger partial charge on any atom is -0.488 e. The number of halogens is 3. The molecule has 1 aromatic carbocycles. The van der Waals surface area contributed by atoms with Crippen LogP contribution in [0.2, 0.25) is 0 Å². The summed E-state index contributed by atoms with van der Waals surface area (Å²) in [7, 11) is 0. The quantitative estimate of drug-likeness (QED) is 0.672. The van der Waals surface area contributed by atoms with Gasteiger partial charge < -0.3 is 4.74 Å². The zero-order valence-corrected chi connectivity index (χ0v) is 8.40. The van der Waals surface area contributed by atoms with Gasteiger partial charge in [-0.3, -0.25) is 0 Å². The van der Waals surface area contributed by atoms with Gasteiger partial charge in [-0.15, -0.1) is 0 Å². The first-order valence-electron chi connectivity index (χ1n) is 4.43. The van der Waals surface area contributed by atoms with Gasteiger partial charge in [0.1, 0.15) is 0 Å². The van der Waals surface area contributed by atoms with E-state index in [1.165, 1.54) is 0 Å². The van der Waals surface area contributed by atoms with E-state index in [2.05, 4.69) is 4.74 Å². The van der Waals surface area contributed by atoms with Crippen LogP contribution in [0.5, 0.6) is 5.75 Å². The molecule has 0 bridgehead atoms. The number of hydrogen-bond donors (Lipinski definition) is 0. The van der Waals surface area contributed by atoms with Crippen molar-refractivity contribution in [2.75, 3.05) is 6.61 Å². The van der Waals surface area contributed by atoms with Crippen LogP contribution >= 0.6 is 0 Å². The molecule has 80 valence electrons. The maximum absolute atomic E-state index is 12.7. The van der Waals surface area contributed by atoms with Crippen molar-refractivity contribution < 1.29 is 17.9 Å². The second kappa shape index (κ2) is 6.29. The molecule has 0 aliphatic heterocycles. The molecule has 1 rings (SSSR count). The van der Waals surface area contributed by atoms with Crippen LogP contribution in [-0.4, -0.2) is 6.61 Å². The van der Waals surface area contributed by atoms with Gasteiger partial charge in [0.15, 0.2) is 17.4 Å². The zero-order chi connectivity index (χ0) is 11.1. The number of benzene rings is 1. The largest absolute Gasteiger partial charge is 0.488 e. The molecular formula is C10H13F3O. The lowest BCUT2D eigenvalue weighted by Crippen LogP contribution is -1.99. The van der Waals surface area contributed by atoms with E-state index in [1.54, 1.807) is 6.92 Å². The maximum Gasteiger partial charge on any atom is 0.203 e. The highest BCUT2D eigenvalue weighted by Gasteiger charge is 2.13. The summed E-state index contributed by atoms with van der Waals surface area (Å²) in [6, 6.07) is 1.54. The van der Waals surface area contributed by atoms with Gasteiger partial charge in [0.05, 0.1) is 6.61 Å². The lowest BCUT2D eigenvalue weighted by Gasteiger charge is -2.05. The van der Waals surface area contributed by atoms with Gasteiger partial charge in [-0.1, -0.05) is 13.8 Å². The van der Waals surface area contributed by atoms with E-state index in [0.29, 0.717) is 6.07 Å². The molecule has 0 saturated carbocycles. The third-order valence-corrected chi connectivity index (χ3v) is 1.29. The highest BCUT2D eigenvalue weighted by molar-refractivity contribution is 5.27. The summed E-state index contributed by atoms with van der Waals surface area (Å²) in [6.07, 6.45) is 0. The number of rotatable bonds is 2. The molecule has 0 aliphatic carbocycles. The van der Waals surface area contributed by atoms with Crippen molar-refractivity contribution in [3.05, 3.63) is 29.6 Å². The molecule has 0 heterocycles.